The molecule has 2 saturated carbocycles. The smallest absolute Gasteiger partial charge is 0.229 e. The van der Waals surface area contributed by atoms with Gasteiger partial charge in [-0.25, -0.2) is 0 Å². The molecule has 0 radical (unpaired) electrons. The molecule has 4 aromatic rings. The Labute approximate surface area is 365 Å². The van der Waals surface area contributed by atoms with Crippen LogP contribution in [-0.2, 0) is 19.1 Å². The molecule has 2 atom stereocenters. The van der Waals surface area contributed by atoms with Crippen LogP contribution in [0.5, 0.6) is 0 Å². The van der Waals surface area contributed by atoms with Crippen LogP contribution in [0.25, 0.3) is 21.8 Å². The molecule has 14 heteroatoms. The van der Waals surface area contributed by atoms with Crippen molar-refractivity contribution in [2.24, 2.45) is 34.5 Å². The summed E-state index contributed by atoms with van der Waals surface area (Å²) in [6.45, 7) is 0.221. The lowest BCUT2D eigenvalue weighted by Gasteiger charge is -2.59. The van der Waals surface area contributed by atoms with E-state index in [0.717, 1.165) is 92.4 Å². The van der Waals surface area contributed by atoms with Gasteiger partial charge in [-0.1, -0.05) is 91.0 Å². The Morgan fingerprint density at radius 3 is 1.45 bits per heavy atom. The fourth-order valence-electron chi connectivity index (χ4n) is 11.4. The number of ether oxygens (including phenoxy) is 2. The van der Waals surface area contributed by atoms with E-state index in [9.17, 15) is 20.4 Å². The van der Waals surface area contributed by atoms with E-state index in [-0.39, 0.29) is 50.1 Å². The van der Waals surface area contributed by atoms with Gasteiger partial charge in [-0.3, -0.25) is 9.59 Å². The van der Waals surface area contributed by atoms with Crippen LogP contribution in [0.1, 0.15) is 89.1 Å². The quantitative estimate of drug-likeness (QED) is 0.0657. The van der Waals surface area contributed by atoms with Crippen LogP contribution in [0.3, 0.4) is 0 Å². The molecule has 2 saturated heterocycles. The van der Waals surface area contributed by atoms with E-state index in [4.69, 9.17) is 21.1 Å². The van der Waals surface area contributed by atoms with Crippen LogP contribution in [0.4, 0.5) is 11.4 Å². The van der Waals surface area contributed by atoms with E-state index in [1.165, 1.54) is 0 Å². The molecule has 4 aliphatic rings. The number of anilines is 2. The Morgan fingerprint density at radius 1 is 0.650 bits per heavy atom. The van der Waals surface area contributed by atoms with Crippen LogP contribution in [-0.4, -0.2) is 94.2 Å². The molecule has 6 N–H and O–H groups in total. The Hall–Kier alpha value is -3.01. The average Bonchev–Trinajstić information content (AvgIpc) is 3.46. The lowest BCUT2D eigenvalue weighted by molar-refractivity contribution is -0.235. The van der Waals surface area contributed by atoms with Crippen molar-refractivity contribution in [3.05, 3.63) is 58.3 Å². The van der Waals surface area contributed by atoms with E-state index in [1.54, 1.807) is 33.7 Å². The first kappa shape index (κ1) is 43.6. The van der Waals surface area contributed by atoms with Crippen molar-refractivity contribution in [2.75, 3.05) is 63.5 Å². The summed E-state index contributed by atoms with van der Waals surface area (Å²) in [5.74, 6) is -1.89. The largest absolute Gasteiger partial charge is 0.394 e. The van der Waals surface area contributed by atoms with Crippen LogP contribution in [0, 0.1) is 34.5 Å². The van der Waals surface area contributed by atoms with Crippen LogP contribution < -0.4 is 10.6 Å². The summed E-state index contributed by atoms with van der Waals surface area (Å²) in [7, 11) is 0. The summed E-state index contributed by atoms with van der Waals surface area (Å²) in [6, 6.07) is 9.83. The summed E-state index contributed by atoms with van der Waals surface area (Å²) in [4.78, 5) is 31.9. The van der Waals surface area contributed by atoms with Gasteiger partial charge in [-0.05, 0) is 61.8 Å². The molecule has 0 bridgehead atoms. The molecule has 2 aliphatic heterocycles. The molecule has 2 unspecified atom stereocenters. The zero-order valence-corrected chi connectivity index (χ0v) is 36.6. The van der Waals surface area contributed by atoms with Crippen LogP contribution in [0.15, 0.2) is 53.3 Å². The molecule has 2 aromatic heterocycles. The monoisotopic (exact) mass is 910 g/mol. The number of halogens is 2. The lowest BCUT2D eigenvalue weighted by Crippen LogP contribution is -2.67. The highest BCUT2D eigenvalue weighted by Gasteiger charge is 2.65. The lowest BCUT2D eigenvalue weighted by atomic mass is 9.50. The Kier molecular flexibility index (Phi) is 13.6. The third-order valence-electron chi connectivity index (χ3n) is 14.7. The molecule has 4 fully saturated rings. The number of amides is 2. The predicted octanol–water partition coefficient (Wildman–Crippen LogP) is 7.85. The molecule has 2 amide bonds. The summed E-state index contributed by atoms with van der Waals surface area (Å²) < 4.78 is 16.7. The number of carbonyl (C=O) groups excluding carboxylic acids is 2. The molecule has 12 nitrogen and oxygen atoms in total. The van der Waals surface area contributed by atoms with Crippen molar-refractivity contribution in [3.63, 3.8) is 0 Å². The number of carbonyl (C=O) groups is 2. The highest BCUT2D eigenvalue weighted by atomic mass is 79.9. The molecule has 60 heavy (non-hydrogen) atoms. The predicted molar refractivity (Wildman–Crippen MR) is 236 cm³/mol. The molecule has 4 heterocycles. The van der Waals surface area contributed by atoms with Gasteiger partial charge >= 0.3 is 0 Å². The second-order valence-corrected chi connectivity index (χ2v) is 19.2. The molecule has 326 valence electrons. The van der Waals surface area contributed by atoms with Crippen molar-refractivity contribution in [2.45, 2.75) is 89.1 Å². The summed E-state index contributed by atoms with van der Waals surface area (Å²) in [5.41, 5.74) is 1.10. The highest BCUT2D eigenvalue weighted by Crippen LogP contribution is 2.59. The van der Waals surface area contributed by atoms with Crippen molar-refractivity contribution in [1.82, 2.24) is 9.13 Å². The number of rotatable bonds is 15. The number of fused-ring (bicyclic) bond motifs is 2. The van der Waals surface area contributed by atoms with E-state index >= 15 is 9.59 Å². The SMILES string of the molecule is O=C(Nc1cn(C(CO)CO)c2cccc(Cl)c12)C(C(C(=O)Nc1cn(C(CO)CO)c2cccc(Br)c12)C1(C2CCCCCC2)COC1)C1(C2CCCCCC2)COC1. The fourth-order valence-corrected chi connectivity index (χ4v) is 12.3. The second-order valence-electron chi connectivity index (χ2n) is 18.0. The van der Waals surface area contributed by atoms with Crippen molar-refractivity contribution in [1.29, 1.82) is 0 Å². The summed E-state index contributed by atoms with van der Waals surface area (Å²) >= 11 is 10.6. The highest BCUT2D eigenvalue weighted by molar-refractivity contribution is 9.10. The number of nitrogens with zero attached hydrogens (tertiary/aromatic N) is 2. The molecule has 8 rings (SSSR count). The van der Waals surface area contributed by atoms with Gasteiger partial charge in [0.25, 0.3) is 0 Å². The van der Waals surface area contributed by atoms with Crippen molar-refractivity contribution in [3.8, 4) is 0 Å². The molecule has 2 aromatic carbocycles. The van der Waals surface area contributed by atoms with E-state index in [1.807, 2.05) is 24.3 Å². The van der Waals surface area contributed by atoms with Crippen LogP contribution in [0.2, 0.25) is 5.02 Å². The number of nitrogens with one attached hydrogen (secondary N) is 2. The molecular weight excluding hydrogens is 852 g/mol. The van der Waals surface area contributed by atoms with Gasteiger partial charge in [0.15, 0.2) is 0 Å². The molecule has 2 aliphatic carbocycles. The van der Waals surface area contributed by atoms with Gasteiger partial charge in [-0.15, -0.1) is 0 Å². The number of aliphatic hydroxyl groups is 4. The van der Waals surface area contributed by atoms with E-state index < -0.39 is 34.7 Å². The normalized spacial score (nSPS) is 21.0. The van der Waals surface area contributed by atoms with Gasteiger partial charge in [0.1, 0.15) is 0 Å². The van der Waals surface area contributed by atoms with Crippen molar-refractivity contribution < 1.29 is 39.5 Å². The molecule has 0 spiro atoms. The van der Waals surface area contributed by atoms with Gasteiger partial charge in [-0.2, -0.15) is 0 Å². The topological polar surface area (TPSA) is 167 Å². The summed E-state index contributed by atoms with van der Waals surface area (Å²) in [5, 5.41) is 49.6. The third-order valence-corrected chi connectivity index (χ3v) is 15.7. The number of hydrogen-bond acceptors (Lipinski definition) is 8. The maximum absolute atomic E-state index is 15.9. The van der Waals surface area contributed by atoms with Gasteiger partial charge in [0.05, 0.1) is 104 Å². The van der Waals surface area contributed by atoms with Crippen LogP contribution >= 0.6 is 27.5 Å². The van der Waals surface area contributed by atoms with E-state index in [0.29, 0.717) is 53.7 Å². The Bertz CT molecular complexity index is 1970. The number of aromatic nitrogens is 2. The zero-order chi connectivity index (χ0) is 42.0. The van der Waals surface area contributed by atoms with E-state index in [2.05, 4.69) is 26.6 Å². The zero-order valence-electron chi connectivity index (χ0n) is 34.3. The minimum atomic E-state index is -0.826. The first-order valence-electron chi connectivity index (χ1n) is 22.0. The summed E-state index contributed by atoms with van der Waals surface area (Å²) in [6.07, 6.45) is 16.0. The maximum Gasteiger partial charge on any atom is 0.229 e. The first-order chi connectivity index (χ1) is 29.2. The average molecular weight is 912 g/mol. The molecular formula is C46H60BrClN4O8. The first-order valence-corrected chi connectivity index (χ1v) is 23.2. The number of aliphatic hydroxyl groups excluding tert-OH is 4. The van der Waals surface area contributed by atoms with Crippen molar-refractivity contribution >= 4 is 72.5 Å². The minimum Gasteiger partial charge on any atom is -0.394 e. The van der Waals surface area contributed by atoms with Gasteiger partial charge in [0, 0.05) is 38.5 Å². The Morgan fingerprint density at radius 2 is 1.05 bits per heavy atom. The number of benzene rings is 2. The minimum absolute atomic E-state index is 0.149. The number of hydrogen-bond donors (Lipinski definition) is 6. The maximum atomic E-state index is 15.9. The fraction of sp³-hybridized carbons (Fsp3) is 0.609. The van der Waals surface area contributed by atoms with Gasteiger partial charge in [0.2, 0.25) is 11.8 Å². The second kappa shape index (κ2) is 18.8. The van der Waals surface area contributed by atoms with Gasteiger partial charge < -0.3 is 49.7 Å². The third kappa shape index (κ3) is 7.84. The standard InChI is InChI=1S/C46H60BrClN4O8/c47-33-15-9-17-37-39(33)35(19-51(37)31(21-53)22-54)49-43(57)41(45(25-59-26-45)29-11-5-1-2-6-12-29)42(46(27-60-28-46)30-13-7-3-4-8-14-30)44(58)50-36-20-52(32(23-55)24-56)38-18-10-16-34(48)40(36)38/h9-10,15-20,29-32,41-42,53-56H,1-8,11-14,21-28H2,(H,49,57)(H,50,58). The Balaban J connectivity index is 1.30.